The lowest BCUT2D eigenvalue weighted by atomic mass is 10.1. The Kier molecular flexibility index (Phi) is 3.62. The first-order valence-corrected chi connectivity index (χ1v) is 8.69. The predicted octanol–water partition coefficient (Wildman–Crippen LogP) is 5.31. The maximum absolute atomic E-state index is 12.3. The summed E-state index contributed by atoms with van der Waals surface area (Å²) in [6.07, 6.45) is 0. The fraction of sp³-hybridized carbons (Fsp3) is 0.105. The number of benzene rings is 3. The lowest BCUT2D eigenvalue weighted by Gasteiger charge is -2.24. The second-order valence-corrected chi connectivity index (χ2v) is 6.71. The molecule has 0 N–H and O–H groups in total. The Morgan fingerprint density at radius 2 is 1.79 bits per heavy atom. The third kappa shape index (κ3) is 2.59. The Hall–Kier alpha value is -2.58. The molecular formula is C19H15O4P. The van der Waals surface area contributed by atoms with E-state index in [9.17, 15) is 4.79 Å². The van der Waals surface area contributed by atoms with Crippen molar-refractivity contribution in [3.63, 3.8) is 0 Å². The topological polar surface area (TPSA) is 44.8 Å². The zero-order valence-electron chi connectivity index (χ0n) is 13.3. The van der Waals surface area contributed by atoms with Gasteiger partial charge in [0.1, 0.15) is 11.3 Å². The molecule has 1 unspecified atom stereocenters. The highest BCUT2D eigenvalue weighted by Crippen LogP contribution is 2.50. The van der Waals surface area contributed by atoms with E-state index in [1.165, 1.54) is 0 Å². The summed E-state index contributed by atoms with van der Waals surface area (Å²) in [4.78, 5) is 12.3. The molecule has 3 aromatic carbocycles. The molecular weight excluding hydrogens is 323 g/mol. The fourth-order valence-electron chi connectivity index (χ4n) is 2.73. The molecule has 0 aromatic heterocycles. The lowest BCUT2D eigenvalue weighted by molar-refractivity contribution is 0.0698. The summed E-state index contributed by atoms with van der Waals surface area (Å²) >= 11 is 0. The van der Waals surface area contributed by atoms with Gasteiger partial charge in [0.15, 0.2) is 5.75 Å². The van der Waals surface area contributed by atoms with Gasteiger partial charge in [-0.05, 0) is 36.9 Å². The van der Waals surface area contributed by atoms with Gasteiger partial charge in [-0.2, -0.15) is 0 Å². The fourth-order valence-corrected chi connectivity index (χ4v) is 3.79. The summed E-state index contributed by atoms with van der Waals surface area (Å²) in [5.41, 5.74) is 2.54. The van der Waals surface area contributed by atoms with Gasteiger partial charge in [0.2, 0.25) is 0 Å². The van der Waals surface area contributed by atoms with Crippen LogP contribution in [0.5, 0.6) is 11.5 Å². The Bertz CT molecular complexity index is 951. The quantitative estimate of drug-likeness (QED) is 0.594. The average Bonchev–Trinajstić information content (AvgIpc) is 2.57. The number of carbonyl (C=O) groups is 1. The minimum atomic E-state index is -1.82. The third-order valence-corrected chi connectivity index (χ3v) is 4.92. The Morgan fingerprint density at radius 3 is 2.62 bits per heavy atom. The van der Waals surface area contributed by atoms with Crippen molar-refractivity contribution in [1.82, 2.24) is 0 Å². The van der Waals surface area contributed by atoms with Crippen molar-refractivity contribution in [3.05, 3.63) is 71.3 Å². The minimum absolute atomic E-state index is 0.419. The van der Waals surface area contributed by atoms with Crippen LogP contribution in [0.15, 0.2) is 54.6 Å². The molecule has 0 spiro atoms. The molecule has 0 aliphatic carbocycles. The van der Waals surface area contributed by atoms with E-state index < -0.39 is 14.6 Å². The van der Waals surface area contributed by atoms with Crippen LogP contribution in [0, 0.1) is 13.8 Å². The van der Waals surface area contributed by atoms with Gasteiger partial charge in [0, 0.05) is 5.39 Å². The van der Waals surface area contributed by atoms with Gasteiger partial charge in [0.25, 0.3) is 0 Å². The Morgan fingerprint density at radius 1 is 0.958 bits per heavy atom. The molecule has 1 aliphatic rings. The van der Waals surface area contributed by atoms with Crippen LogP contribution in [-0.4, -0.2) is 5.97 Å². The largest absolute Gasteiger partial charge is 0.532 e. The molecule has 4 rings (SSSR count). The van der Waals surface area contributed by atoms with Crippen LogP contribution in [0.3, 0.4) is 0 Å². The number of carbonyl (C=O) groups excluding carboxylic acids is 1. The van der Waals surface area contributed by atoms with E-state index in [2.05, 4.69) is 0 Å². The van der Waals surface area contributed by atoms with Gasteiger partial charge in [-0.25, -0.2) is 4.79 Å². The Balaban J connectivity index is 1.70. The second-order valence-electron chi connectivity index (χ2n) is 5.72. The number of aryl methyl sites for hydroxylation is 2. The molecule has 3 aromatic rings. The van der Waals surface area contributed by atoms with Gasteiger partial charge in [-0.1, -0.05) is 48.0 Å². The zero-order chi connectivity index (χ0) is 16.7. The number of fused-ring (bicyclic) bond motifs is 3. The first-order valence-electron chi connectivity index (χ1n) is 7.59. The van der Waals surface area contributed by atoms with E-state index in [0.717, 1.165) is 21.9 Å². The standard InChI is InChI=1S/C19H15O4P/c1-12-7-10-17(13(2)11-12)21-24-22-18-15-6-4-3-5-14(15)8-9-16(18)19(20)23-24/h3-11H,1-2H3. The van der Waals surface area contributed by atoms with E-state index in [1.54, 1.807) is 6.07 Å². The van der Waals surface area contributed by atoms with Crippen LogP contribution in [0.25, 0.3) is 10.8 Å². The molecule has 120 valence electrons. The first-order chi connectivity index (χ1) is 11.6. The van der Waals surface area contributed by atoms with Gasteiger partial charge in [-0.15, -0.1) is 0 Å². The highest BCUT2D eigenvalue weighted by molar-refractivity contribution is 7.43. The van der Waals surface area contributed by atoms with E-state index in [-0.39, 0.29) is 0 Å². The van der Waals surface area contributed by atoms with Gasteiger partial charge in [0.05, 0.1) is 0 Å². The van der Waals surface area contributed by atoms with Gasteiger partial charge >= 0.3 is 14.6 Å². The normalized spacial score (nSPS) is 16.2. The maximum Gasteiger partial charge on any atom is 0.532 e. The maximum atomic E-state index is 12.3. The monoisotopic (exact) mass is 338 g/mol. The molecule has 5 heteroatoms. The smallest absolute Gasteiger partial charge is 0.408 e. The number of hydrogen-bond acceptors (Lipinski definition) is 4. The van der Waals surface area contributed by atoms with E-state index in [4.69, 9.17) is 13.6 Å². The molecule has 0 radical (unpaired) electrons. The van der Waals surface area contributed by atoms with Crippen molar-refractivity contribution >= 4 is 25.3 Å². The molecule has 4 nitrogen and oxygen atoms in total. The molecule has 0 amide bonds. The van der Waals surface area contributed by atoms with Crippen LogP contribution >= 0.6 is 8.60 Å². The Labute approximate surface area is 141 Å². The SMILES string of the molecule is Cc1ccc(OP2OC(=O)c3ccc4ccccc4c3O2)c(C)c1. The lowest BCUT2D eigenvalue weighted by Crippen LogP contribution is -2.15. The van der Waals surface area contributed by atoms with E-state index in [1.807, 2.05) is 62.4 Å². The van der Waals surface area contributed by atoms with Gasteiger partial charge in [-0.3, -0.25) is 0 Å². The third-order valence-electron chi connectivity index (χ3n) is 3.93. The summed E-state index contributed by atoms with van der Waals surface area (Å²) < 4.78 is 17.1. The molecule has 1 heterocycles. The summed E-state index contributed by atoms with van der Waals surface area (Å²) in [5.74, 6) is 0.765. The highest BCUT2D eigenvalue weighted by atomic mass is 31.2. The summed E-state index contributed by atoms with van der Waals surface area (Å²) in [6.45, 7) is 3.97. The zero-order valence-corrected chi connectivity index (χ0v) is 14.2. The average molecular weight is 338 g/mol. The molecule has 1 aliphatic heterocycles. The van der Waals surface area contributed by atoms with Crippen molar-refractivity contribution in [3.8, 4) is 11.5 Å². The minimum Gasteiger partial charge on any atom is -0.408 e. The molecule has 1 atom stereocenters. The summed E-state index contributed by atoms with van der Waals surface area (Å²) in [7, 11) is -1.82. The molecule has 0 bridgehead atoms. The van der Waals surface area contributed by atoms with Crippen LogP contribution < -0.4 is 9.05 Å². The van der Waals surface area contributed by atoms with Crippen LogP contribution in [-0.2, 0) is 4.52 Å². The van der Waals surface area contributed by atoms with E-state index in [0.29, 0.717) is 17.1 Å². The number of hydrogen-bond donors (Lipinski definition) is 0. The second kappa shape index (κ2) is 5.81. The molecule has 0 saturated carbocycles. The molecule has 0 saturated heterocycles. The van der Waals surface area contributed by atoms with Gasteiger partial charge < -0.3 is 13.6 Å². The molecule has 0 fully saturated rings. The van der Waals surface area contributed by atoms with Crippen molar-refractivity contribution in [2.24, 2.45) is 0 Å². The van der Waals surface area contributed by atoms with Crippen LogP contribution in [0.1, 0.15) is 21.5 Å². The van der Waals surface area contributed by atoms with Crippen LogP contribution in [0.2, 0.25) is 0 Å². The van der Waals surface area contributed by atoms with Crippen molar-refractivity contribution in [1.29, 1.82) is 0 Å². The highest BCUT2D eigenvalue weighted by Gasteiger charge is 2.33. The molecule has 24 heavy (non-hydrogen) atoms. The summed E-state index contributed by atoms with van der Waals surface area (Å²) in [5, 5.41) is 1.88. The predicted molar refractivity (Wildman–Crippen MR) is 93.5 cm³/mol. The first kappa shape index (κ1) is 15.0. The van der Waals surface area contributed by atoms with Crippen LogP contribution in [0.4, 0.5) is 0 Å². The van der Waals surface area contributed by atoms with Crippen molar-refractivity contribution in [2.75, 3.05) is 0 Å². The number of rotatable bonds is 2. The van der Waals surface area contributed by atoms with Crippen molar-refractivity contribution < 1.29 is 18.4 Å². The van der Waals surface area contributed by atoms with E-state index >= 15 is 0 Å². The summed E-state index contributed by atoms with van der Waals surface area (Å²) in [6, 6.07) is 17.2. The van der Waals surface area contributed by atoms with Crippen molar-refractivity contribution in [2.45, 2.75) is 13.8 Å².